The summed E-state index contributed by atoms with van der Waals surface area (Å²) in [5, 5.41) is 6.26. The van der Waals surface area contributed by atoms with Crippen molar-refractivity contribution >= 4 is 35.9 Å². The summed E-state index contributed by atoms with van der Waals surface area (Å²) in [5.74, 6) is -0.907. The number of methoxy groups -OCH3 is 2. The van der Waals surface area contributed by atoms with Crippen LogP contribution < -0.4 is 10.6 Å². The van der Waals surface area contributed by atoms with Crippen LogP contribution in [0.3, 0.4) is 0 Å². The van der Waals surface area contributed by atoms with Gasteiger partial charge in [0.15, 0.2) is 0 Å². The molecule has 2 fully saturated rings. The van der Waals surface area contributed by atoms with E-state index in [1.54, 1.807) is 0 Å². The molecule has 2 N–H and O–H groups in total. The zero-order valence-electron chi connectivity index (χ0n) is 15.5. The third-order valence-electron chi connectivity index (χ3n) is 5.52. The van der Waals surface area contributed by atoms with Gasteiger partial charge in [0, 0.05) is 12.2 Å². The van der Waals surface area contributed by atoms with E-state index in [1.165, 1.54) is 32.4 Å². The number of carbonyl (C=O) groups is 3. The number of fused-ring (bicyclic) bond motifs is 1. The highest BCUT2D eigenvalue weighted by Gasteiger charge is 2.49. The minimum atomic E-state index is -0.581. The summed E-state index contributed by atoms with van der Waals surface area (Å²) in [4.78, 5) is 36.9. The molecule has 0 radical (unpaired) electrons. The first-order chi connectivity index (χ1) is 12.5. The Hall–Kier alpha value is -2.12. The first-order valence-electron chi connectivity index (χ1n) is 8.84. The number of esters is 2. The lowest BCUT2D eigenvalue weighted by molar-refractivity contribution is -0.128. The number of benzene rings is 1. The fourth-order valence-electron chi connectivity index (χ4n) is 4.12. The maximum Gasteiger partial charge on any atom is 0.337 e. The Bertz CT molecular complexity index is 705. The number of hydrogen-bond donors (Lipinski definition) is 2. The average Bonchev–Trinajstić information content (AvgIpc) is 3.11. The molecule has 0 bridgehead atoms. The molecule has 1 aromatic rings. The van der Waals surface area contributed by atoms with Gasteiger partial charge in [0.1, 0.15) is 0 Å². The van der Waals surface area contributed by atoms with Gasteiger partial charge in [-0.1, -0.05) is 12.8 Å². The predicted molar refractivity (Wildman–Crippen MR) is 102 cm³/mol. The molecule has 27 heavy (non-hydrogen) atoms. The second-order valence-electron chi connectivity index (χ2n) is 6.97. The van der Waals surface area contributed by atoms with Gasteiger partial charge in [0.25, 0.3) is 0 Å². The quantitative estimate of drug-likeness (QED) is 0.759. The van der Waals surface area contributed by atoms with E-state index in [4.69, 9.17) is 9.47 Å². The second-order valence-corrected chi connectivity index (χ2v) is 6.97. The molecule has 8 heteroatoms. The zero-order valence-corrected chi connectivity index (χ0v) is 16.3. The highest BCUT2D eigenvalue weighted by molar-refractivity contribution is 6.01. The lowest BCUT2D eigenvalue weighted by atomic mass is 9.67. The van der Waals surface area contributed by atoms with Gasteiger partial charge in [-0.3, -0.25) is 4.79 Å². The van der Waals surface area contributed by atoms with Crippen LogP contribution in [0, 0.1) is 11.3 Å². The van der Waals surface area contributed by atoms with Crippen LogP contribution in [0.2, 0.25) is 0 Å². The molecule has 1 aliphatic heterocycles. The second kappa shape index (κ2) is 8.71. The molecule has 148 valence electrons. The molecule has 1 amide bonds. The van der Waals surface area contributed by atoms with Gasteiger partial charge in [-0.2, -0.15) is 0 Å². The maximum absolute atomic E-state index is 13.1. The molecule has 7 nitrogen and oxygen atoms in total. The molecule has 1 saturated heterocycles. The molecular weight excluding hydrogens is 372 g/mol. The van der Waals surface area contributed by atoms with Crippen molar-refractivity contribution in [3.05, 3.63) is 29.3 Å². The summed E-state index contributed by atoms with van der Waals surface area (Å²) in [7, 11) is 2.53. The summed E-state index contributed by atoms with van der Waals surface area (Å²) in [6.45, 7) is 1.51. The molecule has 1 saturated carbocycles. The standard InChI is InChI=1S/C19H24N2O5.ClH/c1-25-16(22)12-7-13(17(23)26-2)9-15(8-12)21-18(24)19-6-4-3-5-14(19)10-20-11-19;/h7-9,14,20H,3-6,10-11H2,1-2H3,(H,21,24);1H/t14-,19+;/m0./s1. The number of anilines is 1. The topological polar surface area (TPSA) is 93.7 Å². The van der Waals surface area contributed by atoms with E-state index in [2.05, 4.69) is 10.6 Å². The molecule has 3 rings (SSSR count). The number of rotatable bonds is 4. The molecule has 2 atom stereocenters. The number of ether oxygens (including phenoxy) is 2. The number of nitrogens with one attached hydrogen (secondary N) is 2. The van der Waals surface area contributed by atoms with Crippen molar-refractivity contribution in [1.82, 2.24) is 5.32 Å². The zero-order chi connectivity index (χ0) is 18.7. The number of amides is 1. The molecule has 0 unspecified atom stereocenters. The maximum atomic E-state index is 13.1. The number of carbonyl (C=O) groups excluding carboxylic acids is 3. The van der Waals surface area contributed by atoms with E-state index in [1.807, 2.05) is 0 Å². The molecule has 1 aliphatic carbocycles. The lowest BCUT2D eigenvalue weighted by Gasteiger charge is -2.37. The first-order valence-corrected chi connectivity index (χ1v) is 8.84. The molecule has 0 aromatic heterocycles. The molecule has 1 heterocycles. The van der Waals surface area contributed by atoms with Crippen molar-refractivity contribution in [2.45, 2.75) is 25.7 Å². The van der Waals surface area contributed by atoms with Crippen molar-refractivity contribution in [3.63, 3.8) is 0 Å². The normalized spacial score (nSPS) is 23.6. The minimum absolute atomic E-state index is 0. The lowest BCUT2D eigenvalue weighted by Crippen LogP contribution is -2.44. The third kappa shape index (κ3) is 4.09. The Balaban J connectivity index is 0.00000261. The minimum Gasteiger partial charge on any atom is -0.465 e. The Kier molecular flexibility index (Phi) is 6.84. The monoisotopic (exact) mass is 396 g/mol. The summed E-state index contributed by atoms with van der Waals surface area (Å²) in [5.41, 5.74) is 0.343. The summed E-state index contributed by atoms with van der Waals surface area (Å²) >= 11 is 0. The van der Waals surface area contributed by atoms with Crippen LogP contribution in [-0.4, -0.2) is 45.2 Å². The van der Waals surface area contributed by atoms with Crippen LogP contribution in [0.15, 0.2) is 18.2 Å². The van der Waals surface area contributed by atoms with Crippen molar-refractivity contribution in [2.24, 2.45) is 11.3 Å². The van der Waals surface area contributed by atoms with Crippen LogP contribution in [0.25, 0.3) is 0 Å². The van der Waals surface area contributed by atoms with E-state index in [-0.39, 0.29) is 29.4 Å². The largest absolute Gasteiger partial charge is 0.465 e. The van der Waals surface area contributed by atoms with Gasteiger partial charge in [-0.05, 0) is 43.5 Å². The van der Waals surface area contributed by atoms with Crippen molar-refractivity contribution in [3.8, 4) is 0 Å². The van der Waals surface area contributed by atoms with Crippen LogP contribution in [0.1, 0.15) is 46.4 Å². The van der Waals surface area contributed by atoms with E-state index < -0.39 is 17.4 Å². The Labute approximate surface area is 164 Å². The highest BCUT2D eigenvalue weighted by Crippen LogP contribution is 2.44. The average molecular weight is 397 g/mol. The Morgan fingerprint density at radius 2 is 1.70 bits per heavy atom. The van der Waals surface area contributed by atoms with Crippen molar-refractivity contribution < 1.29 is 23.9 Å². The third-order valence-corrected chi connectivity index (χ3v) is 5.52. The van der Waals surface area contributed by atoms with Gasteiger partial charge >= 0.3 is 11.9 Å². The first kappa shape index (κ1) is 21.2. The van der Waals surface area contributed by atoms with E-state index in [9.17, 15) is 14.4 Å². The molecule has 2 aliphatic rings. The Morgan fingerprint density at radius 1 is 1.07 bits per heavy atom. The van der Waals surface area contributed by atoms with Gasteiger partial charge in [0.05, 0.1) is 30.8 Å². The summed E-state index contributed by atoms with van der Waals surface area (Å²) in [6.07, 6.45) is 4.06. The van der Waals surface area contributed by atoms with Crippen LogP contribution in [0.4, 0.5) is 5.69 Å². The molecule has 1 aromatic carbocycles. The molecular formula is C19H25ClN2O5. The van der Waals surface area contributed by atoms with Crippen LogP contribution in [-0.2, 0) is 14.3 Å². The van der Waals surface area contributed by atoms with Gasteiger partial charge in [-0.25, -0.2) is 9.59 Å². The van der Waals surface area contributed by atoms with Gasteiger partial charge < -0.3 is 20.1 Å². The van der Waals surface area contributed by atoms with Crippen molar-refractivity contribution in [2.75, 3.05) is 32.6 Å². The Morgan fingerprint density at radius 3 is 2.30 bits per heavy atom. The van der Waals surface area contributed by atoms with Crippen LogP contribution >= 0.6 is 12.4 Å². The smallest absolute Gasteiger partial charge is 0.337 e. The van der Waals surface area contributed by atoms with E-state index in [0.717, 1.165) is 32.2 Å². The molecule has 0 spiro atoms. The van der Waals surface area contributed by atoms with Crippen LogP contribution in [0.5, 0.6) is 0 Å². The van der Waals surface area contributed by atoms with Crippen molar-refractivity contribution in [1.29, 1.82) is 0 Å². The van der Waals surface area contributed by atoms with E-state index in [0.29, 0.717) is 18.2 Å². The fraction of sp³-hybridized carbons (Fsp3) is 0.526. The summed E-state index contributed by atoms with van der Waals surface area (Å²) < 4.78 is 9.47. The van der Waals surface area contributed by atoms with Gasteiger partial charge in [0.2, 0.25) is 5.91 Å². The van der Waals surface area contributed by atoms with Gasteiger partial charge in [-0.15, -0.1) is 12.4 Å². The fourth-order valence-corrected chi connectivity index (χ4v) is 4.12. The SMILES string of the molecule is COC(=O)c1cc(NC(=O)[C@@]23CCCC[C@H]2CNC3)cc(C(=O)OC)c1.Cl. The van der Waals surface area contributed by atoms with E-state index >= 15 is 0 Å². The number of hydrogen-bond acceptors (Lipinski definition) is 6. The number of halogens is 1. The summed E-state index contributed by atoms with van der Waals surface area (Å²) in [6, 6.07) is 4.44. The predicted octanol–water partition coefficient (Wildman–Crippen LogP) is 2.40. The highest BCUT2D eigenvalue weighted by atomic mass is 35.5.